The molecule has 0 saturated carbocycles. The first-order chi connectivity index (χ1) is 14.5. The minimum Gasteiger partial charge on any atom is -0.366 e. The number of carbonyl (C=O) groups excluding carboxylic acids is 2. The van der Waals surface area contributed by atoms with Gasteiger partial charge in [-0.25, -0.2) is 4.79 Å². The van der Waals surface area contributed by atoms with Crippen molar-refractivity contribution in [2.24, 2.45) is 7.05 Å². The molecule has 0 bridgehead atoms. The lowest BCUT2D eigenvalue weighted by molar-refractivity contribution is -0.139. The van der Waals surface area contributed by atoms with Crippen LogP contribution in [0.15, 0.2) is 24.4 Å². The number of likely N-dealkylation sites (tertiary alicyclic amines) is 2. The van der Waals surface area contributed by atoms with Crippen molar-refractivity contribution in [2.45, 2.75) is 37.3 Å². The lowest BCUT2D eigenvalue weighted by Gasteiger charge is -2.43. The van der Waals surface area contributed by atoms with Crippen LogP contribution in [0.5, 0.6) is 0 Å². The van der Waals surface area contributed by atoms with Crippen LogP contribution in [0.1, 0.15) is 30.7 Å². The Balaban J connectivity index is 1.24. The van der Waals surface area contributed by atoms with Gasteiger partial charge in [-0.05, 0) is 48.9 Å². The summed E-state index contributed by atoms with van der Waals surface area (Å²) in [5.74, 6) is 0.328. The van der Waals surface area contributed by atoms with Crippen LogP contribution in [0.4, 0.5) is 4.79 Å². The van der Waals surface area contributed by atoms with Crippen molar-refractivity contribution >= 4 is 34.4 Å². The normalized spacial score (nSPS) is 25.3. The first kappa shape index (κ1) is 19.7. The first-order valence-corrected chi connectivity index (χ1v) is 11.1. The number of benzene rings is 1. The van der Waals surface area contributed by atoms with Crippen LogP contribution in [0, 0.1) is 0 Å². The van der Waals surface area contributed by atoms with Gasteiger partial charge in [0.2, 0.25) is 5.91 Å². The quantitative estimate of drug-likeness (QED) is 0.756. The van der Waals surface area contributed by atoms with E-state index in [0.717, 1.165) is 37.4 Å². The molecule has 3 aliphatic rings. The Labute approximate surface area is 180 Å². The van der Waals surface area contributed by atoms with Crippen molar-refractivity contribution in [3.63, 3.8) is 0 Å². The van der Waals surface area contributed by atoms with Gasteiger partial charge in [0, 0.05) is 55.3 Å². The summed E-state index contributed by atoms with van der Waals surface area (Å²) in [5.41, 5.74) is 2.51. The number of morpholine rings is 1. The van der Waals surface area contributed by atoms with E-state index in [9.17, 15) is 9.59 Å². The van der Waals surface area contributed by atoms with Crippen LogP contribution >= 0.6 is 11.6 Å². The molecule has 0 unspecified atom stereocenters. The fourth-order valence-corrected chi connectivity index (χ4v) is 5.35. The summed E-state index contributed by atoms with van der Waals surface area (Å²) >= 11 is 6.24. The second-order valence-corrected chi connectivity index (χ2v) is 9.10. The number of ether oxygens (including phenoxy) is 1. The molecule has 3 amide bonds. The smallest absolute Gasteiger partial charge is 0.320 e. The summed E-state index contributed by atoms with van der Waals surface area (Å²) in [6, 6.07) is 6.03. The van der Waals surface area contributed by atoms with E-state index in [2.05, 4.69) is 35.3 Å². The monoisotopic (exact) mass is 430 g/mol. The van der Waals surface area contributed by atoms with Gasteiger partial charge in [0.1, 0.15) is 6.61 Å². The predicted molar refractivity (Wildman–Crippen MR) is 115 cm³/mol. The molecule has 4 heterocycles. The molecule has 1 aromatic heterocycles. The molecule has 30 heavy (non-hydrogen) atoms. The second kappa shape index (κ2) is 7.78. The van der Waals surface area contributed by atoms with E-state index in [1.165, 1.54) is 16.5 Å². The Bertz CT molecular complexity index is 982. The van der Waals surface area contributed by atoms with Gasteiger partial charge in [-0.3, -0.25) is 4.79 Å². The molecule has 1 N–H and O–H groups in total. The zero-order valence-electron chi connectivity index (χ0n) is 17.1. The molecule has 0 radical (unpaired) electrons. The van der Waals surface area contributed by atoms with Gasteiger partial charge >= 0.3 is 6.03 Å². The third-order valence-corrected chi connectivity index (χ3v) is 7.02. The van der Waals surface area contributed by atoms with Crippen LogP contribution in [0.2, 0.25) is 5.02 Å². The van der Waals surface area contributed by atoms with Crippen LogP contribution in [-0.2, 0) is 16.6 Å². The molecule has 160 valence electrons. The summed E-state index contributed by atoms with van der Waals surface area (Å²) in [6.45, 7) is 2.82. The molecule has 0 aliphatic carbocycles. The highest BCUT2D eigenvalue weighted by atomic mass is 35.5. The number of rotatable bonds is 1. The second-order valence-electron chi connectivity index (χ2n) is 8.66. The van der Waals surface area contributed by atoms with Crippen molar-refractivity contribution < 1.29 is 14.3 Å². The number of amides is 3. The molecular weight excluding hydrogens is 404 g/mol. The van der Waals surface area contributed by atoms with Gasteiger partial charge in [0.25, 0.3) is 0 Å². The van der Waals surface area contributed by atoms with Crippen LogP contribution in [0.3, 0.4) is 0 Å². The number of piperidine rings is 2. The Hall–Kier alpha value is -2.25. The summed E-state index contributed by atoms with van der Waals surface area (Å²) < 4.78 is 7.76. The van der Waals surface area contributed by atoms with Crippen LogP contribution in [0.25, 0.3) is 10.9 Å². The molecule has 3 saturated heterocycles. The highest BCUT2D eigenvalue weighted by Gasteiger charge is 2.38. The number of aryl methyl sites for hydroxylation is 1. The zero-order chi connectivity index (χ0) is 20.8. The zero-order valence-corrected chi connectivity index (χ0v) is 17.9. The molecule has 2 aromatic rings. The Kier molecular flexibility index (Phi) is 5.11. The number of carbonyl (C=O) groups is 2. The van der Waals surface area contributed by atoms with Crippen molar-refractivity contribution in [3.05, 3.63) is 35.0 Å². The molecule has 8 heteroatoms. The fraction of sp³-hybridized carbons (Fsp3) is 0.545. The number of nitrogens with one attached hydrogen (secondary N) is 1. The molecular formula is C22H27ClN4O3. The SMILES string of the molecule is Cn1cc(C2CCN(C(=O)N3CC[C@@H]4OCC(=O)N[C@@H]4C3)CC2)c2cc(Cl)ccc21. The van der Waals surface area contributed by atoms with Crippen molar-refractivity contribution in [3.8, 4) is 0 Å². The highest BCUT2D eigenvalue weighted by Crippen LogP contribution is 2.35. The fourth-order valence-electron chi connectivity index (χ4n) is 5.18. The van der Waals surface area contributed by atoms with Gasteiger partial charge in [0.05, 0.1) is 12.1 Å². The topological polar surface area (TPSA) is 66.8 Å². The average molecular weight is 431 g/mol. The molecule has 3 fully saturated rings. The maximum atomic E-state index is 13.1. The van der Waals surface area contributed by atoms with Gasteiger partial charge in [-0.1, -0.05) is 11.6 Å². The number of fused-ring (bicyclic) bond motifs is 2. The first-order valence-electron chi connectivity index (χ1n) is 10.7. The summed E-state index contributed by atoms with van der Waals surface area (Å²) in [6.07, 6.45) is 4.88. The number of hydrogen-bond donors (Lipinski definition) is 1. The van der Waals surface area contributed by atoms with Gasteiger partial charge in [-0.2, -0.15) is 0 Å². The minimum absolute atomic E-state index is 0.0238. The molecule has 0 spiro atoms. The van der Waals surface area contributed by atoms with Crippen molar-refractivity contribution in [1.29, 1.82) is 0 Å². The third kappa shape index (κ3) is 3.54. The maximum Gasteiger partial charge on any atom is 0.320 e. The van der Waals surface area contributed by atoms with E-state index < -0.39 is 0 Å². The standard InChI is InChI=1S/C22H27ClN4O3/c1-25-11-17(16-10-15(23)2-3-19(16)25)14-4-7-26(8-5-14)22(29)27-9-6-20-18(12-27)24-21(28)13-30-20/h2-3,10-11,14,18,20H,4-9,12-13H2,1H3,(H,24,28)/t18-,20+/m1/s1. The lowest BCUT2D eigenvalue weighted by Crippen LogP contribution is -2.62. The van der Waals surface area contributed by atoms with Crippen LogP contribution < -0.4 is 5.32 Å². The number of hydrogen-bond acceptors (Lipinski definition) is 3. The van der Waals surface area contributed by atoms with Gasteiger partial charge in [0.15, 0.2) is 0 Å². The molecule has 2 atom stereocenters. The summed E-state index contributed by atoms with van der Waals surface area (Å²) in [5, 5.41) is 4.94. The average Bonchev–Trinajstić information content (AvgIpc) is 3.08. The van der Waals surface area contributed by atoms with Gasteiger partial charge in [-0.15, -0.1) is 0 Å². The van der Waals surface area contributed by atoms with E-state index >= 15 is 0 Å². The van der Waals surface area contributed by atoms with Crippen LogP contribution in [-0.4, -0.2) is 71.2 Å². The molecule has 7 nitrogen and oxygen atoms in total. The molecule has 3 aliphatic heterocycles. The van der Waals surface area contributed by atoms with Crippen molar-refractivity contribution in [2.75, 3.05) is 32.8 Å². The molecule has 5 rings (SSSR count). The lowest BCUT2D eigenvalue weighted by atomic mass is 9.89. The van der Waals surface area contributed by atoms with Crippen molar-refractivity contribution in [1.82, 2.24) is 19.7 Å². The highest BCUT2D eigenvalue weighted by molar-refractivity contribution is 6.31. The largest absolute Gasteiger partial charge is 0.366 e. The van der Waals surface area contributed by atoms with E-state index in [4.69, 9.17) is 16.3 Å². The summed E-state index contributed by atoms with van der Waals surface area (Å²) in [4.78, 5) is 28.5. The van der Waals surface area contributed by atoms with E-state index in [0.29, 0.717) is 19.0 Å². The number of nitrogens with zero attached hydrogens (tertiary/aromatic N) is 3. The predicted octanol–water partition coefficient (Wildman–Crippen LogP) is 2.72. The Morgan fingerprint density at radius 1 is 1.17 bits per heavy atom. The number of aromatic nitrogens is 1. The maximum absolute atomic E-state index is 13.1. The van der Waals surface area contributed by atoms with E-state index in [1.807, 2.05) is 15.9 Å². The summed E-state index contributed by atoms with van der Waals surface area (Å²) in [7, 11) is 2.07. The van der Waals surface area contributed by atoms with E-state index in [1.54, 1.807) is 0 Å². The Morgan fingerprint density at radius 3 is 2.73 bits per heavy atom. The third-order valence-electron chi connectivity index (χ3n) is 6.78. The van der Waals surface area contributed by atoms with E-state index in [-0.39, 0.29) is 30.7 Å². The Morgan fingerprint density at radius 2 is 1.93 bits per heavy atom. The number of halogens is 1. The number of urea groups is 1. The van der Waals surface area contributed by atoms with Gasteiger partial charge < -0.3 is 24.4 Å². The molecule has 1 aromatic carbocycles. The minimum atomic E-state index is -0.0958.